The maximum atomic E-state index is 2.78. The Balaban J connectivity index is 1.89. The molecule has 0 nitrogen and oxygen atoms in total. The van der Waals surface area contributed by atoms with E-state index >= 15 is 0 Å². The van der Waals surface area contributed by atoms with Crippen LogP contribution < -0.4 is 0 Å². The molecule has 1 aliphatic carbocycles. The Labute approximate surface area is 54.3 Å². The Morgan fingerprint density at radius 3 is 2.62 bits per heavy atom. The molecule has 0 amide bonds. The molecule has 1 rings (SSSR count). The first-order valence-electron chi connectivity index (χ1n) is 3.54. The van der Waals surface area contributed by atoms with Crippen molar-refractivity contribution in [3.63, 3.8) is 0 Å². The van der Waals surface area contributed by atoms with Gasteiger partial charge in [0.05, 0.1) is 0 Å². The van der Waals surface area contributed by atoms with E-state index in [1.807, 2.05) is 0 Å². The van der Waals surface area contributed by atoms with Crippen molar-refractivity contribution in [3.8, 4) is 0 Å². The van der Waals surface area contributed by atoms with Crippen LogP contribution in [0.3, 0.4) is 0 Å². The summed E-state index contributed by atoms with van der Waals surface area (Å²) in [5.74, 6) is 2.17. The van der Waals surface area contributed by atoms with Crippen LogP contribution in [0.5, 0.6) is 0 Å². The normalized spacial score (nSPS) is 35.2. The molecule has 0 heterocycles. The zero-order valence-corrected chi connectivity index (χ0v) is 6.72. The summed E-state index contributed by atoms with van der Waals surface area (Å²) in [6.45, 7) is 2.35. The monoisotopic (exact) mass is 130 g/mol. The fraction of sp³-hybridized carbons (Fsp3) is 1.00. The molecule has 0 N–H and O–H groups in total. The van der Waals surface area contributed by atoms with E-state index in [0.29, 0.717) is 0 Å². The van der Waals surface area contributed by atoms with Gasteiger partial charge in [0.1, 0.15) is 0 Å². The first-order chi connectivity index (χ1) is 3.84. The Bertz CT molecular complexity index is 70.8. The molecule has 0 aromatic carbocycles. The van der Waals surface area contributed by atoms with Gasteiger partial charge in [-0.2, -0.15) is 0 Å². The predicted octanol–water partition coefficient (Wildman–Crippen LogP) is 2.30. The van der Waals surface area contributed by atoms with E-state index in [9.17, 15) is 0 Å². The molecule has 0 spiro atoms. The highest BCUT2D eigenvalue weighted by atomic mass is 31.0. The molecular formula is C7H15P. The molecule has 1 saturated carbocycles. The molecule has 0 bridgehead atoms. The van der Waals surface area contributed by atoms with E-state index in [1.54, 1.807) is 0 Å². The van der Waals surface area contributed by atoms with Crippen molar-refractivity contribution in [3.05, 3.63) is 0 Å². The van der Waals surface area contributed by atoms with Gasteiger partial charge in [-0.3, -0.25) is 0 Å². The smallest absolute Gasteiger partial charge is 0.0381 e. The molecular weight excluding hydrogens is 115 g/mol. The fourth-order valence-corrected chi connectivity index (χ4v) is 1.42. The lowest BCUT2D eigenvalue weighted by molar-refractivity contribution is 0.663. The van der Waals surface area contributed by atoms with E-state index in [4.69, 9.17) is 0 Å². The lowest BCUT2D eigenvalue weighted by atomic mass is 10.2. The van der Waals surface area contributed by atoms with Crippen molar-refractivity contribution in [2.75, 3.05) is 6.16 Å². The Hall–Kier alpha value is 0.430. The number of rotatable bonds is 3. The molecule has 0 aromatic rings. The van der Waals surface area contributed by atoms with Gasteiger partial charge in [0.15, 0.2) is 0 Å². The zero-order valence-electron chi connectivity index (χ0n) is 5.56. The Kier molecular flexibility index (Phi) is 2.31. The maximum Gasteiger partial charge on any atom is -0.0381 e. The van der Waals surface area contributed by atoms with Crippen molar-refractivity contribution in [2.24, 2.45) is 11.8 Å². The number of hydrogen-bond acceptors (Lipinski definition) is 0. The van der Waals surface area contributed by atoms with Crippen molar-refractivity contribution in [2.45, 2.75) is 26.2 Å². The highest BCUT2D eigenvalue weighted by molar-refractivity contribution is 7.16. The Morgan fingerprint density at radius 2 is 2.25 bits per heavy atom. The quantitative estimate of drug-likeness (QED) is 0.514. The SMILES string of the molecule is C[C@H]1CC1CCCP. The van der Waals surface area contributed by atoms with Crippen LogP contribution in [0.2, 0.25) is 0 Å². The van der Waals surface area contributed by atoms with Crippen LogP contribution in [0.4, 0.5) is 0 Å². The average molecular weight is 130 g/mol. The molecule has 3 atom stereocenters. The summed E-state index contributed by atoms with van der Waals surface area (Å²) in [5.41, 5.74) is 0. The lowest BCUT2D eigenvalue weighted by Crippen LogP contribution is -1.79. The fourth-order valence-electron chi connectivity index (χ4n) is 1.18. The van der Waals surface area contributed by atoms with Gasteiger partial charge < -0.3 is 0 Å². The first-order valence-corrected chi connectivity index (χ1v) is 4.36. The highest BCUT2D eigenvalue weighted by Gasteiger charge is 2.30. The van der Waals surface area contributed by atoms with Crippen molar-refractivity contribution < 1.29 is 0 Å². The third-order valence-electron chi connectivity index (χ3n) is 2.06. The Morgan fingerprint density at radius 1 is 1.62 bits per heavy atom. The van der Waals surface area contributed by atoms with Gasteiger partial charge in [0.25, 0.3) is 0 Å². The van der Waals surface area contributed by atoms with E-state index < -0.39 is 0 Å². The van der Waals surface area contributed by atoms with Gasteiger partial charge >= 0.3 is 0 Å². The minimum Gasteiger partial charge on any atom is -0.138 e. The highest BCUT2D eigenvalue weighted by Crippen LogP contribution is 2.41. The van der Waals surface area contributed by atoms with Crippen LogP contribution >= 0.6 is 9.24 Å². The molecule has 48 valence electrons. The minimum absolute atomic E-state index is 1.06. The second kappa shape index (κ2) is 2.82. The van der Waals surface area contributed by atoms with Crippen LogP contribution in [0.1, 0.15) is 26.2 Å². The van der Waals surface area contributed by atoms with Gasteiger partial charge in [0.2, 0.25) is 0 Å². The summed E-state index contributed by atoms with van der Waals surface area (Å²) < 4.78 is 0. The molecule has 2 unspecified atom stereocenters. The maximum absolute atomic E-state index is 2.78. The van der Waals surface area contributed by atoms with E-state index in [1.165, 1.54) is 25.4 Å². The van der Waals surface area contributed by atoms with Gasteiger partial charge in [-0.05, 0) is 37.3 Å². The summed E-state index contributed by atoms with van der Waals surface area (Å²) in [6.07, 6.45) is 5.69. The van der Waals surface area contributed by atoms with Crippen molar-refractivity contribution in [1.29, 1.82) is 0 Å². The summed E-state index contributed by atoms with van der Waals surface area (Å²) in [6, 6.07) is 0. The van der Waals surface area contributed by atoms with Crippen LogP contribution in [-0.2, 0) is 0 Å². The second-order valence-corrected chi connectivity index (χ2v) is 3.48. The van der Waals surface area contributed by atoms with Crippen LogP contribution in [0.15, 0.2) is 0 Å². The first kappa shape index (κ1) is 6.55. The van der Waals surface area contributed by atoms with E-state index in [0.717, 1.165) is 11.8 Å². The zero-order chi connectivity index (χ0) is 5.98. The van der Waals surface area contributed by atoms with Crippen LogP contribution in [0, 0.1) is 11.8 Å². The molecule has 0 aromatic heterocycles. The average Bonchev–Trinajstić information content (AvgIpc) is 2.42. The second-order valence-electron chi connectivity index (χ2n) is 2.90. The molecule has 1 aliphatic rings. The summed E-state index contributed by atoms with van der Waals surface area (Å²) in [7, 11) is 2.78. The summed E-state index contributed by atoms with van der Waals surface area (Å²) in [5, 5.41) is 0. The standard InChI is InChI=1S/C7H15P/c1-6-5-7(6)3-2-4-8/h6-7H,2-5,8H2,1H3/t6-,7?/m0/s1. The van der Waals surface area contributed by atoms with Crippen molar-refractivity contribution in [1.82, 2.24) is 0 Å². The van der Waals surface area contributed by atoms with Gasteiger partial charge in [0, 0.05) is 0 Å². The molecule has 0 aliphatic heterocycles. The summed E-state index contributed by atoms with van der Waals surface area (Å²) in [4.78, 5) is 0. The number of hydrogen-bond donors (Lipinski definition) is 0. The van der Waals surface area contributed by atoms with Crippen LogP contribution in [-0.4, -0.2) is 6.16 Å². The van der Waals surface area contributed by atoms with Gasteiger partial charge in [-0.25, -0.2) is 0 Å². The van der Waals surface area contributed by atoms with Crippen molar-refractivity contribution >= 4 is 9.24 Å². The van der Waals surface area contributed by atoms with E-state index in [2.05, 4.69) is 16.2 Å². The predicted molar refractivity (Wildman–Crippen MR) is 41.1 cm³/mol. The van der Waals surface area contributed by atoms with Gasteiger partial charge in [-0.1, -0.05) is 6.92 Å². The van der Waals surface area contributed by atoms with Gasteiger partial charge in [-0.15, -0.1) is 9.24 Å². The molecule has 1 fully saturated rings. The van der Waals surface area contributed by atoms with Crippen LogP contribution in [0.25, 0.3) is 0 Å². The molecule has 8 heavy (non-hydrogen) atoms. The third-order valence-corrected chi connectivity index (χ3v) is 2.46. The lowest BCUT2D eigenvalue weighted by Gasteiger charge is -1.91. The largest absolute Gasteiger partial charge is 0.138 e. The van der Waals surface area contributed by atoms with E-state index in [-0.39, 0.29) is 0 Å². The molecule has 0 radical (unpaired) electrons. The topological polar surface area (TPSA) is 0 Å². The third kappa shape index (κ3) is 1.74. The molecule has 0 saturated heterocycles. The molecule has 1 heteroatoms. The minimum atomic E-state index is 1.06. The summed E-state index contributed by atoms with van der Waals surface area (Å²) >= 11 is 0.